The smallest absolute Gasteiger partial charge is 0.244 e. The molecule has 118 valence electrons. The van der Waals surface area contributed by atoms with Crippen LogP contribution < -0.4 is 10.2 Å². The highest BCUT2D eigenvalue weighted by molar-refractivity contribution is 7.89. The van der Waals surface area contributed by atoms with Gasteiger partial charge in [0.05, 0.1) is 12.0 Å². The molecule has 0 aliphatic heterocycles. The van der Waals surface area contributed by atoms with Crippen LogP contribution in [0.1, 0.15) is 32.8 Å². The van der Waals surface area contributed by atoms with E-state index < -0.39 is 10.0 Å². The number of hydroxylamine groups is 1. The summed E-state index contributed by atoms with van der Waals surface area (Å²) in [4.78, 5) is 15.8. The van der Waals surface area contributed by atoms with Crippen molar-refractivity contribution in [3.8, 4) is 0 Å². The fourth-order valence-electron chi connectivity index (χ4n) is 1.68. The normalized spacial score (nSPS) is 12.2. The van der Waals surface area contributed by atoms with Crippen LogP contribution in [0.5, 0.6) is 0 Å². The van der Waals surface area contributed by atoms with Crippen LogP contribution >= 0.6 is 0 Å². The topological polar surface area (TPSA) is 84.5 Å². The van der Waals surface area contributed by atoms with Crippen molar-refractivity contribution in [3.63, 3.8) is 0 Å². The first-order valence-corrected chi connectivity index (χ1v) is 8.07. The molecule has 0 radical (unpaired) electrons. The lowest BCUT2D eigenvalue weighted by Crippen LogP contribution is -2.30. The van der Waals surface area contributed by atoms with E-state index in [9.17, 15) is 13.2 Å². The molecule has 1 aromatic carbocycles. The fourth-order valence-corrected chi connectivity index (χ4v) is 2.71. The van der Waals surface area contributed by atoms with Crippen LogP contribution in [0.2, 0.25) is 0 Å². The van der Waals surface area contributed by atoms with Crippen LogP contribution in [0.4, 0.5) is 0 Å². The van der Waals surface area contributed by atoms with E-state index in [-0.39, 0.29) is 29.2 Å². The lowest BCUT2D eigenvalue weighted by Gasteiger charge is -2.19. The van der Waals surface area contributed by atoms with Gasteiger partial charge >= 0.3 is 0 Å². The van der Waals surface area contributed by atoms with Crippen molar-refractivity contribution in [2.24, 2.45) is 0 Å². The highest BCUT2D eigenvalue weighted by Gasteiger charge is 2.17. The Morgan fingerprint density at radius 2 is 1.76 bits per heavy atom. The van der Waals surface area contributed by atoms with Gasteiger partial charge in [-0.05, 0) is 23.1 Å². The molecule has 0 fully saturated rings. The minimum atomic E-state index is -3.60. The number of carbonyl (C=O) groups is 1. The highest BCUT2D eigenvalue weighted by atomic mass is 32.2. The van der Waals surface area contributed by atoms with Gasteiger partial charge in [-0.3, -0.25) is 9.63 Å². The number of nitrogens with one attached hydrogen (secondary N) is 2. The van der Waals surface area contributed by atoms with Crippen molar-refractivity contribution < 1.29 is 18.0 Å². The minimum absolute atomic E-state index is 0.00709. The largest absolute Gasteiger partial charge is 0.277 e. The summed E-state index contributed by atoms with van der Waals surface area (Å²) >= 11 is 0. The molecule has 0 aliphatic rings. The van der Waals surface area contributed by atoms with E-state index in [0.29, 0.717) is 0 Å². The fraction of sp³-hybridized carbons (Fsp3) is 0.500. The number of sulfonamides is 1. The number of carbonyl (C=O) groups excluding carboxylic acids is 1. The van der Waals surface area contributed by atoms with Crippen molar-refractivity contribution in [2.75, 3.05) is 13.7 Å². The van der Waals surface area contributed by atoms with E-state index in [1.807, 2.05) is 0 Å². The predicted molar refractivity (Wildman–Crippen MR) is 80.1 cm³/mol. The van der Waals surface area contributed by atoms with Gasteiger partial charge in [-0.15, -0.1) is 0 Å². The van der Waals surface area contributed by atoms with E-state index in [2.05, 4.69) is 35.8 Å². The molecule has 1 rings (SSSR count). The molecule has 6 nitrogen and oxygen atoms in total. The average molecular weight is 314 g/mol. The summed E-state index contributed by atoms with van der Waals surface area (Å²) in [6.07, 6.45) is 0.00709. The molecule has 0 saturated heterocycles. The zero-order valence-corrected chi connectivity index (χ0v) is 13.6. The zero-order valence-electron chi connectivity index (χ0n) is 12.8. The third-order valence-corrected chi connectivity index (χ3v) is 4.37. The van der Waals surface area contributed by atoms with Crippen LogP contribution in [0.25, 0.3) is 0 Å². The van der Waals surface area contributed by atoms with Crippen molar-refractivity contribution in [3.05, 3.63) is 29.8 Å². The van der Waals surface area contributed by atoms with Gasteiger partial charge in [0.15, 0.2) is 0 Å². The van der Waals surface area contributed by atoms with E-state index >= 15 is 0 Å². The monoisotopic (exact) mass is 314 g/mol. The van der Waals surface area contributed by atoms with Crippen molar-refractivity contribution in [1.29, 1.82) is 0 Å². The maximum absolute atomic E-state index is 12.1. The number of amides is 1. The van der Waals surface area contributed by atoms with E-state index in [0.717, 1.165) is 5.56 Å². The predicted octanol–water partition coefficient (Wildman–Crippen LogP) is 1.33. The Hall–Kier alpha value is -1.44. The summed E-state index contributed by atoms with van der Waals surface area (Å²) < 4.78 is 26.5. The molecule has 0 aliphatic carbocycles. The molecular weight excluding hydrogens is 292 g/mol. The molecule has 0 aromatic heterocycles. The van der Waals surface area contributed by atoms with Crippen molar-refractivity contribution in [2.45, 2.75) is 37.5 Å². The molecule has 7 heteroatoms. The van der Waals surface area contributed by atoms with Gasteiger partial charge in [0.2, 0.25) is 15.9 Å². The number of hydrogen-bond donors (Lipinski definition) is 2. The Morgan fingerprint density at radius 1 is 1.19 bits per heavy atom. The molecule has 0 heterocycles. The maximum Gasteiger partial charge on any atom is 0.244 e. The SMILES string of the molecule is CONC(=O)CCNS(=O)(=O)c1ccc(C(C)(C)C)cc1. The molecule has 21 heavy (non-hydrogen) atoms. The standard InChI is InChI=1S/C14H22N2O4S/c1-14(2,3)11-5-7-12(8-6-11)21(18,19)15-10-9-13(17)16-20-4/h5-8,15H,9-10H2,1-4H3,(H,16,17). The molecule has 2 N–H and O–H groups in total. The first-order chi connectivity index (χ1) is 9.66. The van der Waals surface area contributed by atoms with Gasteiger partial charge in [0.1, 0.15) is 0 Å². The second-order valence-corrected chi connectivity index (χ2v) is 7.42. The average Bonchev–Trinajstić information content (AvgIpc) is 2.38. The Balaban J connectivity index is 2.69. The molecule has 0 bridgehead atoms. The Bertz CT molecular complexity index is 574. The van der Waals surface area contributed by atoms with Gasteiger partial charge in [-0.25, -0.2) is 18.6 Å². The Kier molecular flexibility index (Phi) is 5.88. The summed E-state index contributed by atoms with van der Waals surface area (Å²) in [6.45, 7) is 6.19. The lowest BCUT2D eigenvalue weighted by atomic mass is 9.87. The molecule has 1 amide bonds. The van der Waals surface area contributed by atoms with Crippen LogP contribution in [0, 0.1) is 0 Å². The third-order valence-electron chi connectivity index (χ3n) is 2.89. The molecule has 0 unspecified atom stereocenters. The van der Waals surface area contributed by atoms with Crippen LogP contribution in [-0.4, -0.2) is 28.0 Å². The molecule has 0 spiro atoms. The number of hydrogen-bond acceptors (Lipinski definition) is 4. The third kappa shape index (κ3) is 5.45. The summed E-state index contributed by atoms with van der Waals surface area (Å²) in [5.74, 6) is -0.386. The van der Waals surface area contributed by atoms with E-state index in [1.165, 1.54) is 7.11 Å². The Morgan fingerprint density at radius 3 is 2.24 bits per heavy atom. The minimum Gasteiger partial charge on any atom is -0.277 e. The van der Waals surface area contributed by atoms with Crippen molar-refractivity contribution in [1.82, 2.24) is 10.2 Å². The molecule has 0 atom stereocenters. The summed E-state index contributed by atoms with van der Waals surface area (Å²) in [6, 6.07) is 6.73. The first-order valence-electron chi connectivity index (χ1n) is 6.59. The first kappa shape index (κ1) is 17.6. The second kappa shape index (κ2) is 7.02. The molecule has 0 saturated carbocycles. The van der Waals surface area contributed by atoms with Gasteiger partial charge in [0.25, 0.3) is 0 Å². The van der Waals surface area contributed by atoms with E-state index in [1.54, 1.807) is 24.3 Å². The van der Waals surface area contributed by atoms with Gasteiger partial charge in [-0.2, -0.15) is 0 Å². The van der Waals surface area contributed by atoms with Crippen LogP contribution in [0.15, 0.2) is 29.2 Å². The van der Waals surface area contributed by atoms with E-state index in [4.69, 9.17) is 0 Å². The van der Waals surface area contributed by atoms with Gasteiger partial charge < -0.3 is 0 Å². The summed E-state index contributed by atoms with van der Waals surface area (Å²) in [7, 11) is -2.29. The summed E-state index contributed by atoms with van der Waals surface area (Å²) in [5, 5.41) is 0. The lowest BCUT2D eigenvalue weighted by molar-refractivity contribution is -0.131. The quantitative estimate of drug-likeness (QED) is 0.776. The second-order valence-electron chi connectivity index (χ2n) is 5.65. The maximum atomic E-state index is 12.1. The zero-order chi connectivity index (χ0) is 16.1. The van der Waals surface area contributed by atoms with Crippen LogP contribution in [0.3, 0.4) is 0 Å². The van der Waals surface area contributed by atoms with Crippen molar-refractivity contribution >= 4 is 15.9 Å². The summed E-state index contributed by atoms with van der Waals surface area (Å²) in [5.41, 5.74) is 3.14. The van der Waals surface area contributed by atoms with Gasteiger partial charge in [0, 0.05) is 13.0 Å². The van der Waals surface area contributed by atoms with Crippen LogP contribution in [-0.2, 0) is 25.1 Å². The van der Waals surface area contributed by atoms with Gasteiger partial charge in [-0.1, -0.05) is 32.9 Å². The number of benzene rings is 1. The Labute approximate surface area is 125 Å². The highest BCUT2D eigenvalue weighted by Crippen LogP contribution is 2.23. The molecule has 1 aromatic rings. The molecular formula is C14H22N2O4S. The number of rotatable bonds is 6.